The quantitative estimate of drug-likeness (QED) is 0.810. The molecule has 0 bridgehead atoms. The Morgan fingerprint density at radius 3 is 2.63 bits per heavy atom. The highest BCUT2D eigenvalue weighted by atomic mass is 15.3. The first-order valence-electron chi connectivity index (χ1n) is 6.80. The van der Waals surface area contributed by atoms with Gasteiger partial charge in [-0.25, -0.2) is 0 Å². The monoisotopic (exact) mass is 258 g/mol. The molecule has 1 aromatic carbocycles. The molecule has 4 heteroatoms. The highest BCUT2D eigenvalue weighted by molar-refractivity contribution is 5.46. The number of hydrogen-bond donors (Lipinski definition) is 1. The fourth-order valence-corrected chi connectivity index (χ4v) is 2.12. The second kappa shape index (κ2) is 6.38. The minimum atomic E-state index is 0.866. The molecule has 0 saturated carbocycles. The maximum absolute atomic E-state index is 6.00. The molecular formula is C15H22N4. The third-order valence-electron chi connectivity index (χ3n) is 3.31. The molecule has 102 valence electrons. The Balaban J connectivity index is 2.02. The molecule has 0 aliphatic heterocycles. The van der Waals surface area contributed by atoms with Crippen molar-refractivity contribution >= 4 is 5.69 Å². The summed E-state index contributed by atoms with van der Waals surface area (Å²) in [6.45, 7) is 7.96. The van der Waals surface area contributed by atoms with E-state index >= 15 is 0 Å². The van der Waals surface area contributed by atoms with Crippen LogP contribution in [0.25, 0.3) is 0 Å². The van der Waals surface area contributed by atoms with Crippen LogP contribution in [-0.4, -0.2) is 21.2 Å². The van der Waals surface area contributed by atoms with E-state index in [2.05, 4.69) is 36.1 Å². The molecule has 0 atom stereocenters. The lowest BCUT2D eigenvalue weighted by molar-refractivity contribution is 0.272. The Kier molecular flexibility index (Phi) is 4.58. The Morgan fingerprint density at radius 1 is 1.21 bits per heavy atom. The van der Waals surface area contributed by atoms with Crippen molar-refractivity contribution in [2.75, 3.05) is 12.3 Å². The van der Waals surface area contributed by atoms with E-state index in [9.17, 15) is 0 Å². The SMILES string of the molecule is CCN(Cc1cnn(CC)c1)Cc1ccccc1N. The van der Waals surface area contributed by atoms with Crippen molar-refractivity contribution in [3.8, 4) is 0 Å². The summed E-state index contributed by atoms with van der Waals surface area (Å²) in [6.07, 6.45) is 4.05. The summed E-state index contributed by atoms with van der Waals surface area (Å²) in [5, 5.41) is 4.31. The average Bonchev–Trinajstić information content (AvgIpc) is 2.88. The first-order chi connectivity index (χ1) is 9.22. The number of rotatable bonds is 6. The maximum atomic E-state index is 6.00. The van der Waals surface area contributed by atoms with Crippen LogP contribution in [0, 0.1) is 0 Å². The standard InChI is InChI=1S/C15H22N4/c1-3-18(10-13-9-17-19(4-2)11-13)12-14-7-5-6-8-15(14)16/h5-9,11H,3-4,10,12,16H2,1-2H3. The number of nitrogens with two attached hydrogens (primary N) is 1. The topological polar surface area (TPSA) is 47.1 Å². The van der Waals surface area contributed by atoms with E-state index in [1.165, 1.54) is 11.1 Å². The summed E-state index contributed by atoms with van der Waals surface area (Å²) in [5.41, 5.74) is 9.30. The van der Waals surface area contributed by atoms with Gasteiger partial charge in [0.1, 0.15) is 0 Å². The van der Waals surface area contributed by atoms with E-state index in [1.54, 1.807) is 0 Å². The second-order valence-electron chi connectivity index (χ2n) is 4.71. The van der Waals surface area contributed by atoms with Gasteiger partial charge in [-0.2, -0.15) is 5.10 Å². The largest absolute Gasteiger partial charge is 0.398 e. The number of para-hydroxylation sites is 1. The number of aryl methyl sites for hydroxylation is 1. The highest BCUT2D eigenvalue weighted by Gasteiger charge is 2.08. The lowest BCUT2D eigenvalue weighted by atomic mass is 10.1. The summed E-state index contributed by atoms with van der Waals surface area (Å²) >= 11 is 0. The van der Waals surface area contributed by atoms with Crippen molar-refractivity contribution in [2.24, 2.45) is 0 Å². The predicted octanol–water partition coefficient (Wildman–Crippen LogP) is 2.51. The highest BCUT2D eigenvalue weighted by Crippen LogP contribution is 2.15. The summed E-state index contributed by atoms with van der Waals surface area (Å²) in [7, 11) is 0. The molecule has 1 aromatic heterocycles. The Hall–Kier alpha value is -1.81. The van der Waals surface area contributed by atoms with Crippen LogP contribution < -0.4 is 5.73 Å². The van der Waals surface area contributed by atoms with E-state index in [4.69, 9.17) is 5.73 Å². The Labute approximate surface area is 114 Å². The molecule has 0 amide bonds. The Bertz CT molecular complexity index is 518. The van der Waals surface area contributed by atoms with Gasteiger partial charge in [0.25, 0.3) is 0 Å². The van der Waals surface area contributed by atoms with Gasteiger partial charge < -0.3 is 5.73 Å². The fraction of sp³-hybridized carbons (Fsp3) is 0.400. The molecule has 2 N–H and O–H groups in total. The first kappa shape index (κ1) is 13.6. The van der Waals surface area contributed by atoms with Gasteiger partial charge in [-0.05, 0) is 25.1 Å². The first-order valence-corrected chi connectivity index (χ1v) is 6.80. The maximum Gasteiger partial charge on any atom is 0.0534 e. The number of hydrogen-bond acceptors (Lipinski definition) is 3. The molecular weight excluding hydrogens is 236 g/mol. The normalized spacial score (nSPS) is 11.1. The third kappa shape index (κ3) is 3.58. The van der Waals surface area contributed by atoms with E-state index in [0.717, 1.165) is 31.9 Å². The van der Waals surface area contributed by atoms with E-state index in [0.29, 0.717) is 0 Å². The molecule has 1 heterocycles. The van der Waals surface area contributed by atoms with Crippen molar-refractivity contribution < 1.29 is 0 Å². The summed E-state index contributed by atoms with van der Waals surface area (Å²) in [4.78, 5) is 2.36. The van der Waals surface area contributed by atoms with Gasteiger partial charge in [-0.3, -0.25) is 9.58 Å². The molecule has 0 aliphatic rings. The van der Waals surface area contributed by atoms with Gasteiger partial charge in [0.05, 0.1) is 6.20 Å². The van der Waals surface area contributed by atoms with Crippen molar-refractivity contribution in [3.63, 3.8) is 0 Å². The van der Waals surface area contributed by atoms with Crippen LogP contribution in [0.3, 0.4) is 0 Å². The predicted molar refractivity (Wildman–Crippen MR) is 78.5 cm³/mol. The van der Waals surface area contributed by atoms with Gasteiger partial charge in [0, 0.05) is 37.1 Å². The lowest BCUT2D eigenvalue weighted by Gasteiger charge is -2.20. The van der Waals surface area contributed by atoms with Crippen LogP contribution in [0.5, 0.6) is 0 Å². The molecule has 4 nitrogen and oxygen atoms in total. The molecule has 0 unspecified atom stereocenters. The second-order valence-corrected chi connectivity index (χ2v) is 4.71. The smallest absolute Gasteiger partial charge is 0.0534 e. The zero-order valence-corrected chi connectivity index (χ0v) is 11.7. The number of aromatic nitrogens is 2. The van der Waals surface area contributed by atoms with Crippen LogP contribution in [0.1, 0.15) is 25.0 Å². The summed E-state index contributed by atoms with van der Waals surface area (Å²) < 4.78 is 1.96. The molecule has 0 spiro atoms. The lowest BCUT2D eigenvalue weighted by Crippen LogP contribution is -2.22. The van der Waals surface area contributed by atoms with E-state index < -0.39 is 0 Å². The van der Waals surface area contributed by atoms with Gasteiger partial charge in [0.2, 0.25) is 0 Å². The minimum Gasteiger partial charge on any atom is -0.398 e. The van der Waals surface area contributed by atoms with Crippen LogP contribution in [0.15, 0.2) is 36.7 Å². The summed E-state index contributed by atoms with van der Waals surface area (Å²) in [5.74, 6) is 0. The van der Waals surface area contributed by atoms with Crippen LogP contribution >= 0.6 is 0 Å². The summed E-state index contributed by atoms with van der Waals surface area (Å²) in [6, 6.07) is 8.06. The van der Waals surface area contributed by atoms with Crippen molar-refractivity contribution in [1.29, 1.82) is 0 Å². The third-order valence-corrected chi connectivity index (χ3v) is 3.31. The molecule has 0 aliphatic carbocycles. The van der Waals surface area contributed by atoms with Gasteiger partial charge in [0.15, 0.2) is 0 Å². The molecule has 0 fully saturated rings. The number of anilines is 1. The fourth-order valence-electron chi connectivity index (χ4n) is 2.12. The number of nitrogens with zero attached hydrogens (tertiary/aromatic N) is 3. The van der Waals surface area contributed by atoms with Gasteiger partial charge >= 0.3 is 0 Å². The molecule has 2 aromatic rings. The van der Waals surface area contributed by atoms with Gasteiger partial charge in [-0.1, -0.05) is 25.1 Å². The number of nitrogen functional groups attached to an aromatic ring is 1. The molecule has 0 radical (unpaired) electrons. The molecule has 19 heavy (non-hydrogen) atoms. The number of benzene rings is 1. The average molecular weight is 258 g/mol. The van der Waals surface area contributed by atoms with E-state index in [1.807, 2.05) is 29.1 Å². The van der Waals surface area contributed by atoms with Crippen LogP contribution in [0.2, 0.25) is 0 Å². The van der Waals surface area contributed by atoms with Crippen LogP contribution in [0.4, 0.5) is 5.69 Å². The zero-order valence-electron chi connectivity index (χ0n) is 11.7. The molecule has 0 saturated heterocycles. The van der Waals surface area contributed by atoms with Gasteiger partial charge in [-0.15, -0.1) is 0 Å². The molecule has 2 rings (SSSR count). The zero-order chi connectivity index (χ0) is 13.7. The van der Waals surface area contributed by atoms with E-state index in [-0.39, 0.29) is 0 Å². The van der Waals surface area contributed by atoms with Crippen molar-refractivity contribution in [3.05, 3.63) is 47.8 Å². The van der Waals surface area contributed by atoms with Crippen molar-refractivity contribution in [1.82, 2.24) is 14.7 Å². The Morgan fingerprint density at radius 2 is 2.00 bits per heavy atom. The van der Waals surface area contributed by atoms with Crippen LogP contribution in [-0.2, 0) is 19.6 Å². The minimum absolute atomic E-state index is 0.866. The van der Waals surface area contributed by atoms with Crippen molar-refractivity contribution in [2.45, 2.75) is 33.5 Å².